The molecule has 2 atom stereocenters. The number of anilines is 1. The van der Waals surface area contributed by atoms with Gasteiger partial charge >= 0.3 is 5.91 Å². The van der Waals surface area contributed by atoms with E-state index in [9.17, 15) is 19.6 Å². The first kappa shape index (κ1) is 18.0. The minimum absolute atomic E-state index is 0.0571. The number of hydrogen-bond acceptors (Lipinski definition) is 5. The molecule has 0 fully saturated rings. The zero-order valence-electron chi connectivity index (χ0n) is 13.8. The van der Waals surface area contributed by atoms with Gasteiger partial charge < -0.3 is 10.5 Å². The van der Waals surface area contributed by atoms with Crippen LogP contribution in [0.15, 0.2) is 29.4 Å². The van der Waals surface area contributed by atoms with E-state index in [1.165, 1.54) is 6.92 Å². The van der Waals surface area contributed by atoms with Crippen LogP contribution in [-0.2, 0) is 14.4 Å². The number of hydrogen-bond donors (Lipinski definition) is 2. The van der Waals surface area contributed by atoms with Gasteiger partial charge in [-0.3, -0.25) is 9.59 Å². The van der Waals surface area contributed by atoms with E-state index in [1.54, 1.807) is 24.3 Å². The van der Waals surface area contributed by atoms with E-state index in [0.717, 1.165) is 18.4 Å². The lowest BCUT2D eigenvalue weighted by Crippen LogP contribution is -3.06. The quantitative estimate of drug-likeness (QED) is 0.600. The molecule has 7 heteroatoms. The Kier molecular flexibility index (Phi) is 5.94. The minimum Gasteiger partial charge on any atom is -0.599 e. The lowest BCUT2D eigenvalue weighted by Gasteiger charge is -2.26. The van der Waals surface area contributed by atoms with Crippen molar-refractivity contribution in [3.8, 4) is 0 Å². The fourth-order valence-electron chi connectivity index (χ4n) is 2.71. The van der Waals surface area contributed by atoms with E-state index in [4.69, 9.17) is 0 Å². The van der Waals surface area contributed by atoms with Crippen molar-refractivity contribution in [2.75, 3.05) is 5.32 Å². The summed E-state index contributed by atoms with van der Waals surface area (Å²) in [5, 5.41) is 17.5. The molecule has 0 spiro atoms. The molecule has 0 radical (unpaired) electrons. The summed E-state index contributed by atoms with van der Waals surface area (Å²) in [5.41, 5.74) is 1.96. The Hall–Kier alpha value is -2.38. The number of carbonyl (C=O) groups excluding carboxylic acids is 3. The van der Waals surface area contributed by atoms with Crippen LogP contribution in [-0.4, -0.2) is 23.3 Å². The topological polar surface area (TPSA) is 103 Å². The number of nitrogens with one attached hydrogen (secondary N) is 2. The van der Waals surface area contributed by atoms with E-state index in [1.807, 2.05) is 6.92 Å². The van der Waals surface area contributed by atoms with E-state index >= 15 is 0 Å². The van der Waals surface area contributed by atoms with Crippen LogP contribution in [0, 0.1) is 11.1 Å². The van der Waals surface area contributed by atoms with Gasteiger partial charge in [0.15, 0.2) is 0 Å². The second kappa shape index (κ2) is 7.94. The molecule has 2 rings (SSSR count). The molecule has 0 aromatic heterocycles. The largest absolute Gasteiger partial charge is 0.599 e. The third-order valence-electron chi connectivity index (χ3n) is 3.79. The molecule has 1 aromatic carbocycles. The molecule has 0 saturated heterocycles. The van der Waals surface area contributed by atoms with Crippen molar-refractivity contribution in [2.45, 2.75) is 39.5 Å². The van der Waals surface area contributed by atoms with Crippen molar-refractivity contribution < 1.29 is 19.6 Å². The molecule has 1 aliphatic rings. The van der Waals surface area contributed by atoms with Crippen LogP contribution in [0.1, 0.15) is 45.1 Å². The molecule has 0 bridgehead atoms. The SMILES string of the molecule is CCCC1CC(=O)[NH+]([O-])N=C1c1ccc(NC(=O)CC(C)=O)cc1. The first-order valence-electron chi connectivity index (χ1n) is 7.96. The molecular formula is C17H21N3O4. The summed E-state index contributed by atoms with van der Waals surface area (Å²) in [7, 11) is 0. The molecule has 24 heavy (non-hydrogen) atoms. The lowest BCUT2D eigenvalue weighted by atomic mass is 9.88. The van der Waals surface area contributed by atoms with Crippen molar-refractivity contribution in [1.82, 2.24) is 0 Å². The van der Waals surface area contributed by atoms with Gasteiger partial charge in [0.2, 0.25) is 5.91 Å². The number of benzene rings is 1. The van der Waals surface area contributed by atoms with Crippen LogP contribution in [0.4, 0.5) is 5.69 Å². The van der Waals surface area contributed by atoms with Gasteiger partial charge in [0.1, 0.15) is 11.5 Å². The Balaban J connectivity index is 2.16. The van der Waals surface area contributed by atoms with E-state index in [-0.39, 0.29) is 30.4 Å². The number of quaternary nitrogens is 1. The summed E-state index contributed by atoms with van der Waals surface area (Å²) in [6.45, 7) is 3.38. The molecule has 0 saturated carbocycles. The van der Waals surface area contributed by atoms with Gasteiger partial charge in [0, 0.05) is 17.2 Å². The van der Waals surface area contributed by atoms with Crippen LogP contribution < -0.4 is 10.5 Å². The Bertz CT molecular complexity index is 667. The van der Waals surface area contributed by atoms with Crippen LogP contribution in [0.2, 0.25) is 0 Å². The number of ketones is 1. The molecule has 2 amide bonds. The van der Waals surface area contributed by atoms with Gasteiger partial charge in [-0.15, -0.1) is 0 Å². The summed E-state index contributed by atoms with van der Waals surface area (Å²) in [6, 6.07) is 6.90. The third-order valence-corrected chi connectivity index (χ3v) is 3.79. The second-order valence-corrected chi connectivity index (χ2v) is 5.92. The summed E-state index contributed by atoms with van der Waals surface area (Å²) in [4.78, 5) is 34.1. The standard InChI is InChI=1S/C17H21N3O4/c1-3-4-13-10-16(23)20(24)19-17(13)12-5-7-14(8-6-12)18-15(22)9-11(2)21/h5-8,13,20H,3-4,9-10H2,1-2H3,(H,18,22). The minimum atomic E-state index is -0.698. The second-order valence-electron chi connectivity index (χ2n) is 5.92. The van der Waals surface area contributed by atoms with Gasteiger partial charge in [0.25, 0.3) is 0 Å². The van der Waals surface area contributed by atoms with Crippen LogP contribution in [0.5, 0.6) is 0 Å². The monoisotopic (exact) mass is 331 g/mol. The molecule has 1 aromatic rings. The number of Topliss-reactive ketones (excluding diaryl/α,β-unsaturated/α-hetero) is 1. The number of amides is 2. The molecule has 128 valence electrons. The summed E-state index contributed by atoms with van der Waals surface area (Å²) >= 11 is 0. The lowest BCUT2D eigenvalue weighted by molar-refractivity contribution is -0.774. The highest BCUT2D eigenvalue weighted by Gasteiger charge is 2.30. The number of hydroxylamine groups is 1. The molecule has 1 aliphatic heterocycles. The van der Waals surface area contributed by atoms with Gasteiger partial charge in [-0.05, 0) is 25.5 Å². The Labute approximate surface area is 140 Å². The van der Waals surface area contributed by atoms with Crippen molar-refractivity contribution >= 4 is 29.0 Å². The van der Waals surface area contributed by atoms with Gasteiger partial charge in [-0.1, -0.05) is 30.6 Å². The molecule has 7 nitrogen and oxygen atoms in total. The maximum atomic E-state index is 11.6. The van der Waals surface area contributed by atoms with Crippen molar-refractivity contribution in [3.05, 3.63) is 35.0 Å². The van der Waals surface area contributed by atoms with E-state index in [0.29, 0.717) is 11.4 Å². The van der Waals surface area contributed by atoms with Crippen LogP contribution in [0.25, 0.3) is 0 Å². The third kappa shape index (κ3) is 4.56. The fourth-order valence-corrected chi connectivity index (χ4v) is 2.71. The number of rotatable bonds is 6. The van der Waals surface area contributed by atoms with Gasteiger partial charge in [-0.25, -0.2) is 4.79 Å². The maximum absolute atomic E-state index is 11.6. The summed E-state index contributed by atoms with van der Waals surface area (Å²) < 4.78 is 0. The highest BCUT2D eigenvalue weighted by atomic mass is 16.5. The van der Waals surface area contributed by atoms with E-state index < -0.39 is 11.1 Å². The van der Waals surface area contributed by atoms with Crippen molar-refractivity contribution in [2.24, 2.45) is 11.0 Å². The summed E-state index contributed by atoms with van der Waals surface area (Å²) in [5.74, 6) is -1.06. The smallest absolute Gasteiger partial charge is 0.338 e. The molecule has 2 N–H and O–H groups in total. The van der Waals surface area contributed by atoms with Crippen molar-refractivity contribution in [3.63, 3.8) is 0 Å². The zero-order chi connectivity index (χ0) is 17.7. The summed E-state index contributed by atoms with van der Waals surface area (Å²) in [6.07, 6.45) is 1.71. The van der Waals surface area contributed by atoms with Crippen molar-refractivity contribution in [1.29, 1.82) is 0 Å². The normalized spacial score (nSPS) is 20.5. The Morgan fingerprint density at radius 3 is 2.58 bits per heavy atom. The molecular weight excluding hydrogens is 310 g/mol. The Morgan fingerprint density at radius 1 is 1.33 bits per heavy atom. The van der Waals surface area contributed by atoms with Gasteiger partial charge in [-0.2, -0.15) is 5.17 Å². The fraction of sp³-hybridized carbons (Fsp3) is 0.412. The molecule has 2 unspecified atom stereocenters. The Morgan fingerprint density at radius 2 is 2.00 bits per heavy atom. The van der Waals surface area contributed by atoms with Crippen LogP contribution in [0.3, 0.4) is 0 Å². The number of nitrogens with zero attached hydrogens (tertiary/aromatic N) is 1. The zero-order valence-corrected chi connectivity index (χ0v) is 13.8. The van der Waals surface area contributed by atoms with Crippen LogP contribution >= 0.6 is 0 Å². The average molecular weight is 331 g/mol. The first-order chi connectivity index (χ1) is 11.4. The number of carbonyl (C=O) groups is 3. The molecule has 1 heterocycles. The maximum Gasteiger partial charge on any atom is 0.338 e. The predicted molar refractivity (Wildman–Crippen MR) is 89.3 cm³/mol. The van der Waals surface area contributed by atoms with E-state index in [2.05, 4.69) is 10.4 Å². The average Bonchev–Trinajstić information content (AvgIpc) is 2.51. The molecule has 0 aliphatic carbocycles. The highest BCUT2D eigenvalue weighted by molar-refractivity contribution is 6.05. The first-order valence-corrected chi connectivity index (χ1v) is 7.96. The van der Waals surface area contributed by atoms with Gasteiger partial charge in [0.05, 0.1) is 12.8 Å². The highest BCUT2D eigenvalue weighted by Crippen LogP contribution is 2.21. The predicted octanol–water partition coefficient (Wildman–Crippen LogP) is 1.04.